The van der Waals surface area contributed by atoms with E-state index in [1.165, 1.54) is 5.56 Å². The minimum atomic E-state index is -0.236. The van der Waals surface area contributed by atoms with E-state index in [0.29, 0.717) is 17.3 Å². The summed E-state index contributed by atoms with van der Waals surface area (Å²) in [6.45, 7) is 2.69. The third-order valence-electron chi connectivity index (χ3n) is 3.64. The highest BCUT2D eigenvalue weighted by Gasteiger charge is 2.17. The fourth-order valence-electron chi connectivity index (χ4n) is 2.34. The predicted molar refractivity (Wildman–Crippen MR) is 95.1 cm³/mol. The molecule has 1 unspecified atom stereocenters. The molecule has 2 rings (SSSR count). The number of amides is 1. The second-order valence-electron chi connectivity index (χ2n) is 5.04. The summed E-state index contributed by atoms with van der Waals surface area (Å²) < 4.78 is 9.13. The van der Waals surface area contributed by atoms with E-state index in [1.54, 1.807) is 7.11 Å². The van der Waals surface area contributed by atoms with Gasteiger partial charge in [-0.2, -0.15) is 4.37 Å². The number of ether oxygens (including phenoxy) is 1. The molecule has 0 fully saturated rings. The van der Waals surface area contributed by atoms with Gasteiger partial charge in [-0.05, 0) is 48.0 Å². The van der Waals surface area contributed by atoms with Gasteiger partial charge in [0.1, 0.15) is 15.6 Å². The Labute approximate surface area is 149 Å². The Morgan fingerprint density at radius 1 is 1.43 bits per heavy atom. The van der Waals surface area contributed by atoms with Crippen molar-refractivity contribution in [3.63, 3.8) is 0 Å². The first-order valence-electron chi connectivity index (χ1n) is 7.29. The normalized spacial score (nSPS) is 12.0. The SMILES string of the molecule is CCC(CCNC(=O)c1snc(Cl)c1Cl)c1cccc(OC)c1. The number of rotatable bonds is 7. The molecule has 0 aliphatic rings. The van der Waals surface area contributed by atoms with Gasteiger partial charge in [-0.3, -0.25) is 4.79 Å². The summed E-state index contributed by atoms with van der Waals surface area (Å²) in [6.07, 6.45) is 1.82. The number of halogens is 2. The van der Waals surface area contributed by atoms with Gasteiger partial charge in [0, 0.05) is 6.54 Å². The molecule has 0 aliphatic heterocycles. The summed E-state index contributed by atoms with van der Waals surface area (Å²) in [6, 6.07) is 8.02. The lowest BCUT2D eigenvalue weighted by Crippen LogP contribution is -2.25. The van der Waals surface area contributed by atoms with Gasteiger partial charge in [-0.1, -0.05) is 42.3 Å². The maximum atomic E-state index is 12.1. The molecule has 1 N–H and O–H groups in total. The van der Waals surface area contributed by atoms with Crippen molar-refractivity contribution in [3.05, 3.63) is 44.9 Å². The molecule has 4 nitrogen and oxygen atoms in total. The summed E-state index contributed by atoms with van der Waals surface area (Å²) in [5.41, 5.74) is 1.21. The first-order chi connectivity index (χ1) is 11.1. The Morgan fingerprint density at radius 3 is 2.83 bits per heavy atom. The van der Waals surface area contributed by atoms with Crippen LogP contribution in [0.3, 0.4) is 0 Å². The predicted octanol–water partition coefficient (Wildman–Crippen LogP) is 4.77. The van der Waals surface area contributed by atoms with Gasteiger partial charge in [0.2, 0.25) is 0 Å². The number of hydrogen-bond donors (Lipinski definition) is 1. The molecule has 1 aromatic carbocycles. The van der Waals surface area contributed by atoms with E-state index in [-0.39, 0.29) is 16.1 Å². The Balaban J connectivity index is 1.93. The molecule has 1 atom stereocenters. The Bertz CT molecular complexity index is 676. The van der Waals surface area contributed by atoms with E-state index < -0.39 is 0 Å². The van der Waals surface area contributed by atoms with Crippen LogP contribution in [-0.2, 0) is 0 Å². The van der Waals surface area contributed by atoms with Crippen LogP contribution in [0.2, 0.25) is 10.2 Å². The number of hydrogen-bond acceptors (Lipinski definition) is 4. The first-order valence-corrected chi connectivity index (χ1v) is 8.82. The molecule has 0 bridgehead atoms. The lowest BCUT2D eigenvalue weighted by Gasteiger charge is -2.16. The molecule has 124 valence electrons. The van der Waals surface area contributed by atoms with Crippen LogP contribution >= 0.6 is 34.7 Å². The zero-order valence-corrected chi connectivity index (χ0v) is 15.3. The Morgan fingerprint density at radius 2 is 2.22 bits per heavy atom. The van der Waals surface area contributed by atoms with E-state index in [9.17, 15) is 4.79 Å². The van der Waals surface area contributed by atoms with Gasteiger partial charge in [0.25, 0.3) is 5.91 Å². The highest BCUT2D eigenvalue weighted by molar-refractivity contribution is 7.09. The summed E-state index contributed by atoms with van der Waals surface area (Å²) in [5.74, 6) is 0.960. The van der Waals surface area contributed by atoms with Crippen LogP contribution in [0.1, 0.15) is 40.9 Å². The number of aromatic nitrogens is 1. The highest BCUT2D eigenvalue weighted by atomic mass is 35.5. The number of nitrogens with zero attached hydrogens (tertiary/aromatic N) is 1. The summed E-state index contributed by atoms with van der Waals surface area (Å²) in [5, 5.41) is 3.26. The molecule has 1 aromatic heterocycles. The van der Waals surface area contributed by atoms with Gasteiger partial charge in [0.15, 0.2) is 5.15 Å². The van der Waals surface area contributed by atoms with E-state index in [4.69, 9.17) is 27.9 Å². The van der Waals surface area contributed by atoms with Crippen molar-refractivity contribution >= 4 is 40.6 Å². The first kappa shape index (κ1) is 18.0. The van der Waals surface area contributed by atoms with Crippen LogP contribution in [0.5, 0.6) is 5.75 Å². The third kappa shape index (κ3) is 4.59. The van der Waals surface area contributed by atoms with E-state index in [0.717, 1.165) is 30.1 Å². The Kier molecular flexibility index (Phi) is 6.69. The molecule has 23 heavy (non-hydrogen) atoms. The van der Waals surface area contributed by atoms with Gasteiger partial charge in [-0.15, -0.1) is 0 Å². The lowest BCUT2D eigenvalue weighted by molar-refractivity contribution is 0.0956. The van der Waals surface area contributed by atoms with Crippen LogP contribution in [0.15, 0.2) is 24.3 Å². The van der Waals surface area contributed by atoms with Crippen molar-refractivity contribution in [2.75, 3.05) is 13.7 Å². The van der Waals surface area contributed by atoms with Crippen molar-refractivity contribution in [2.45, 2.75) is 25.7 Å². The monoisotopic (exact) mass is 372 g/mol. The molecule has 1 amide bonds. The number of benzene rings is 1. The van der Waals surface area contributed by atoms with E-state index in [1.807, 2.05) is 18.2 Å². The molecule has 7 heteroatoms. The number of carbonyl (C=O) groups is 1. The van der Waals surface area contributed by atoms with Gasteiger partial charge in [-0.25, -0.2) is 0 Å². The second kappa shape index (κ2) is 8.52. The molecule has 0 saturated heterocycles. The average Bonchev–Trinajstić information content (AvgIpc) is 2.91. The number of methoxy groups -OCH3 is 1. The molecule has 0 saturated carbocycles. The van der Waals surface area contributed by atoms with Crippen molar-refractivity contribution in [1.29, 1.82) is 0 Å². The summed E-state index contributed by atoms with van der Waals surface area (Å²) in [7, 11) is 1.66. The summed E-state index contributed by atoms with van der Waals surface area (Å²) >= 11 is 12.7. The van der Waals surface area contributed by atoms with Crippen LogP contribution in [0.25, 0.3) is 0 Å². The maximum absolute atomic E-state index is 12.1. The standard InChI is InChI=1S/C16H18Cl2N2O2S/c1-3-10(11-5-4-6-12(9-11)22-2)7-8-19-16(21)14-13(17)15(18)20-23-14/h4-6,9-10H,3,7-8H2,1-2H3,(H,19,21). The minimum Gasteiger partial charge on any atom is -0.497 e. The molecule has 0 radical (unpaired) electrons. The van der Waals surface area contributed by atoms with Gasteiger partial charge < -0.3 is 10.1 Å². The average molecular weight is 373 g/mol. The van der Waals surface area contributed by atoms with Gasteiger partial charge >= 0.3 is 0 Å². The van der Waals surface area contributed by atoms with Crippen LogP contribution in [0.4, 0.5) is 0 Å². The van der Waals surface area contributed by atoms with Crippen molar-refractivity contribution in [1.82, 2.24) is 9.69 Å². The number of carbonyl (C=O) groups excluding carboxylic acids is 1. The zero-order chi connectivity index (χ0) is 16.8. The molecule has 1 heterocycles. The third-order valence-corrected chi connectivity index (χ3v) is 5.44. The molecule has 2 aromatic rings. The zero-order valence-electron chi connectivity index (χ0n) is 12.9. The van der Waals surface area contributed by atoms with E-state index >= 15 is 0 Å². The topological polar surface area (TPSA) is 51.2 Å². The fourth-order valence-corrected chi connectivity index (χ4v) is 3.47. The maximum Gasteiger partial charge on any atom is 0.264 e. The largest absolute Gasteiger partial charge is 0.497 e. The van der Waals surface area contributed by atoms with Crippen LogP contribution in [0, 0.1) is 0 Å². The molecule has 0 spiro atoms. The van der Waals surface area contributed by atoms with E-state index in [2.05, 4.69) is 22.7 Å². The van der Waals surface area contributed by atoms with Crippen molar-refractivity contribution in [2.24, 2.45) is 0 Å². The van der Waals surface area contributed by atoms with Crippen LogP contribution < -0.4 is 10.1 Å². The highest BCUT2D eigenvalue weighted by Crippen LogP contribution is 2.29. The minimum absolute atomic E-state index is 0.171. The fraction of sp³-hybridized carbons (Fsp3) is 0.375. The molecular formula is C16H18Cl2N2O2S. The molecular weight excluding hydrogens is 355 g/mol. The quantitative estimate of drug-likeness (QED) is 0.761. The van der Waals surface area contributed by atoms with Crippen molar-refractivity contribution in [3.8, 4) is 5.75 Å². The summed E-state index contributed by atoms with van der Waals surface area (Å²) in [4.78, 5) is 12.4. The number of nitrogens with one attached hydrogen (secondary N) is 1. The second-order valence-corrected chi connectivity index (χ2v) is 6.55. The lowest BCUT2D eigenvalue weighted by atomic mass is 9.93. The Hall–Kier alpha value is -1.30. The smallest absolute Gasteiger partial charge is 0.264 e. The van der Waals surface area contributed by atoms with Crippen molar-refractivity contribution < 1.29 is 9.53 Å². The van der Waals surface area contributed by atoms with Gasteiger partial charge in [0.05, 0.1) is 7.11 Å². The van der Waals surface area contributed by atoms with Crippen LogP contribution in [-0.4, -0.2) is 23.9 Å². The molecule has 0 aliphatic carbocycles.